The maximum atomic E-state index is 14.4. The fourth-order valence-corrected chi connectivity index (χ4v) is 3.66. The van der Waals surface area contributed by atoms with Crippen molar-refractivity contribution < 1.29 is 9.13 Å². The zero-order chi connectivity index (χ0) is 21.2. The number of ether oxygens (including phenoxy) is 1. The van der Waals surface area contributed by atoms with Gasteiger partial charge in [0.05, 0.1) is 0 Å². The highest BCUT2D eigenvalue weighted by atomic mass is 19.1. The van der Waals surface area contributed by atoms with E-state index in [1.54, 1.807) is 6.20 Å². The van der Waals surface area contributed by atoms with E-state index in [1.807, 2.05) is 72.9 Å². The molecular weight excluding hydrogens is 389 g/mol. The van der Waals surface area contributed by atoms with Crippen LogP contribution in [0, 0.1) is 5.82 Å². The SMILES string of the molecule is Nc1cccc(-c2cnc3[nH]cc(-c4cc(F)cc(OCc5ccccc5)c4)c3c2)c1. The number of nitrogens with one attached hydrogen (secondary N) is 1. The third kappa shape index (κ3) is 3.98. The molecule has 0 saturated carbocycles. The molecule has 4 nitrogen and oxygen atoms in total. The van der Waals surface area contributed by atoms with Gasteiger partial charge < -0.3 is 15.5 Å². The summed E-state index contributed by atoms with van der Waals surface area (Å²) in [7, 11) is 0. The van der Waals surface area contributed by atoms with Gasteiger partial charge in [-0.2, -0.15) is 0 Å². The van der Waals surface area contributed by atoms with Crippen molar-refractivity contribution in [3.05, 3.63) is 103 Å². The molecule has 0 amide bonds. The number of halogens is 1. The molecule has 5 aromatic rings. The Kier molecular flexibility index (Phi) is 4.84. The third-order valence-corrected chi connectivity index (χ3v) is 5.18. The smallest absolute Gasteiger partial charge is 0.137 e. The molecule has 2 heterocycles. The fourth-order valence-electron chi connectivity index (χ4n) is 3.66. The molecule has 5 heteroatoms. The number of pyridine rings is 1. The summed E-state index contributed by atoms with van der Waals surface area (Å²) in [6.45, 7) is 0.374. The first-order chi connectivity index (χ1) is 15.2. The summed E-state index contributed by atoms with van der Waals surface area (Å²) in [6, 6.07) is 24.3. The topological polar surface area (TPSA) is 63.9 Å². The minimum atomic E-state index is -0.352. The van der Waals surface area contributed by atoms with Crippen LogP contribution in [0.15, 0.2) is 91.3 Å². The van der Waals surface area contributed by atoms with E-state index in [0.29, 0.717) is 18.0 Å². The molecule has 0 bridgehead atoms. The highest BCUT2D eigenvalue weighted by Gasteiger charge is 2.12. The van der Waals surface area contributed by atoms with Crippen LogP contribution in [0.25, 0.3) is 33.3 Å². The van der Waals surface area contributed by atoms with Gasteiger partial charge in [0.25, 0.3) is 0 Å². The number of nitrogens with two attached hydrogens (primary N) is 1. The van der Waals surface area contributed by atoms with Crippen molar-refractivity contribution in [2.75, 3.05) is 5.73 Å². The molecule has 3 aromatic carbocycles. The summed E-state index contributed by atoms with van der Waals surface area (Å²) < 4.78 is 20.3. The van der Waals surface area contributed by atoms with Gasteiger partial charge in [-0.3, -0.25) is 0 Å². The summed E-state index contributed by atoms with van der Waals surface area (Å²) in [5.41, 5.74) is 11.9. The van der Waals surface area contributed by atoms with E-state index in [0.717, 1.165) is 38.9 Å². The number of nitrogens with zero attached hydrogens (tertiary/aromatic N) is 1. The van der Waals surface area contributed by atoms with Crippen molar-refractivity contribution >= 4 is 16.7 Å². The second-order valence-electron chi connectivity index (χ2n) is 7.40. The van der Waals surface area contributed by atoms with Crippen LogP contribution >= 0.6 is 0 Å². The maximum absolute atomic E-state index is 14.4. The van der Waals surface area contributed by atoms with Crippen molar-refractivity contribution in [1.29, 1.82) is 0 Å². The summed E-state index contributed by atoms with van der Waals surface area (Å²) in [6.07, 6.45) is 3.65. The average molecular weight is 409 g/mol. The molecule has 0 saturated heterocycles. The lowest BCUT2D eigenvalue weighted by Gasteiger charge is -2.09. The first-order valence-corrected chi connectivity index (χ1v) is 9.96. The maximum Gasteiger partial charge on any atom is 0.137 e. The summed E-state index contributed by atoms with van der Waals surface area (Å²) in [4.78, 5) is 7.71. The second-order valence-corrected chi connectivity index (χ2v) is 7.40. The number of nitrogen functional groups attached to an aromatic ring is 1. The molecule has 31 heavy (non-hydrogen) atoms. The van der Waals surface area contributed by atoms with Gasteiger partial charge in [-0.15, -0.1) is 0 Å². The van der Waals surface area contributed by atoms with Gasteiger partial charge in [-0.1, -0.05) is 42.5 Å². The number of aromatic amines is 1. The first kappa shape index (κ1) is 18.9. The van der Waals surface area contributed by atoms with E-state index in [4.69, 9.17) is 10.5 Å². The quantitative estimate of drug-likeness (QED) is 0.340. The van der Waals surface area contributed by atoms with Crippen LogP contribution in [0.5, 0.6) is 5.75 Å². The lowest BCUT2D eigenvalue weighted by atomic mass is 10.0. The summed E-state index contributed by atoms with van der Waals surface area (Å²) in [5.74, 6) is 0.128. The number of fused-ring (bicyclic) bond motifs is 1. The van der Waals surface area contributed by atoms with Crippen molar-refractivity contribution in [3.63, 3.8) is 0 Å². The zero-order valence-electron chi connectivity index (χ0n) is 16.7. The van der Waals surface area contributed by atoms with E-state index in [-0.39, 0.29) is 5.82 Å². The number of hydrogen-bond donors (Lipinski definition) is 2. The number of hydrogen-bond acceptors (Lipinski definition) is 3. The van der Waals surface area contributed by atoms with Crippen LogP contribution in [0.3, 0.4) is 0 Å². The number of aromatic nitrogens is 2. The predicted molar refractivity (Wildman–Crippen MR) is 122 cm³/mol. The van der Waals surface area contributed by atoms with Gasteiger partial charge in [-0.05, 0) is 47.0 Å². The highest BCUT2D eigenvalue weighted by molar-refractivity contribution is 5.96. The van der Waals surface area contributed by atoms with E-state index in [1.165, 1.54) is 12.1 Å². The van der Waals surface area contributed by atoms with Gasteiger partial charge in [0.2, 0.25) is 0 Å². The Morgan fingerprint density at radius 3 is 2.58 bits per heavy atom. The number of H-pyrrole nitrogens is 1. The molecule has 2 aromatic heterocycles. The highest BCUT2D eigenvalue weighted by Crippen LogP contribution is 2.33. The molecule has 0 unspecified atom stereocenters. The van der Waals surface area contributed by atoms with Gasteiger partial charge >= 0.3 is 0 Å². The molecule has 5 rings (SSSR count). The average Bonchev–Trinajstić information content (AvgIpc) is 3.21. The molecule has 0 fully saturated rings. The predicted octanol–water partition coefficient (Wildman–Crippen LogP) is 6.20. The minimum absolute atomic E-state index is 0.352. The first-order valence-electron chi connectivity index (χ1n) is 9.96. The summed E-state index contributed by atoms with van der Waals surface area (Å²) in [5, 5.41) is 0.902. The fraction of sp³-hybridized carbons (Fsp3) is 0.0385. The number of benzene rings is 3. The Morgan fingerprint density at radius 2 is 1.74 bits per heavy atom. The third-order valence-electron chi connectivity index (χ3n) is 5.18. The van der Waals surface area contributed by atoms with E-state index in [9.17, 15) is 4.39 Å². The van der Waals surface area contributed by atoms with Crippen molar-refractivity contribution in [2.24, 2.45) is 0 Å². The number of rotatable bonds is 5. The van der Waals surface area contributed by atoms with Crippen LogP contribution in [0.1, 0.15) is 5.56 Å². The Hall–Kier alpha value is -4.12. The molecule has 0 radical (unpaired) electrons. The van der Waals surface area contributed by atoms with Crippen molar-refractivity contribution in [1.82, 2.24) is 9.97 Å². The molecule has 0 spiro atoms. The molecule has 0 aliphatic carbocycles. The molecule has 0 atom stereocenters. The molecule has 3 N–H and O–H groups in total. The molecule has 0 aliphatic rings. The largest absolute Gasteiger partial charge is 0.489 e. The van der Waals surface area contributed by atoms with Crippen LogP contribution in [-0.2, 0) is 6.61 Å². The van der Waals surface area contributed by atoms with Gasteiger partial charge in [0.1, 0.15) is 23.8 Å². The lowest BCUT2D eigenvalue weighted by molar-refractivity contribution is 0.305. The molecule has 152 valence electrons. The Labute approximate surface area is 179 Å². The normalized spacial score (nSPS) is 11.0. The van der Waals surface area contributed by atoms with Crippen LogP contribution in [-0.4, -0.2) is 9.97 Å². The van der Waals surface area contributed by atoms with Crippen molar-refractivity contribution in [2.45, 2.75) is 6.61 Å². The van der Waals surface area contributed by atoms with Gasteiger partial charge in [-0.25, -0.2) is 9.37 Å². The number of anilines is 1. The van der Waals surface area contributed by atoms with Crippen LogP contribution in [0.4, 0.5) is 10.1 Å². The van der Waals surface area contributed by atoms with Crippen molar-refractivity contribution in [3.8, 4) is 28.0 Å². The minimum Gasteiger partial charge on any atom is -0.489 e. The van der Waals surface area contributed by atoms with Crippen LogP contribution in [0.2, 0.25) is 0 Å². The Morgan fingerprint density at radius 1 is 0.871 bits per heavy atom. The zero-order valence-corrected chi connectivity index (χ0v) is 16.7. The Bertz CT molecular complexity index is 1360. The summed E-state index contributed by atoms with van der Waals surface area (Å²) >= 11 is 0. The van der Waals surface area contributed by atoms with E-state index < -0.39 is 0 Å². The van der Waals surface area contributed by atoms with E-state index in [2.05, 4.69) is 9.97 Å². The molecule has 0 aliphatic heterocycles. The van der Waals surface area contributed by atoms with Gasteiger partial charge in [0, 0.05) is 40.7 Å². The molecular formula is C26H20FN3O. The van der Waals surface area contributed by atoms with Crippen LogP contribution < -0.4 is 10.5 Å². The van der Waals surface area contributed by atoms with E-state index >= 15 is 0 Å². The van der Waals surface area contributed by atoms with Gasteiger partial charge in [0.15, 0.2) is 0 Å². The monoisotopic (exact) mass is 409 g/mol. The lowest BCUT2D eigenvalue weighted by Crippen LogP contribution is -1.96. The second kappa shape index (κ2) is 7.95. The standard InChI is InChI=1S/C26H20FN3O/c27-21-9-19(11-23(13-21)31-16-17-5-2-1-3-6-17)25-15-30-26-24(25)12-20(14-29-26)18-7-4-8-22(28)10-18/h1-15H,16,28H2,(H,29,30). The Balaban J connectivity index is 1.51.